The van der Waals surface area contributed by atoms with Gasteiger partial charge in [0, 0.05) is 13.1 Å². The van der Waals surface area contributed by atoms with Crippen molar-refractivity contribution in [3.05, 3.63) is 23.7 Å². The summed E-state index contributed by atoms with van der Waals surface area (Å²) in [6.07, 6.45) is 2.74. The molecule has 2 unspecified atom stereocenters. The van der Waals surface area contributed by atoms with E-state index in [-0.39, 0.29) is 18.1 Å². The maximum atomic E-state index is 12.3. The number of nitrogens with zero attached hydrogens (tertiary/aromatic N) is 1. The van der Waals surface area contributed by atoms with Gasteiger partial charge in [-0.25, -0.2) is 0 Å². The lowest BCUT2D eigenvalue weighted by molar-refractivity contribution is -0.133. The van der Waals surface area contributed by atoms with Crippen LogP contribution in [0, 0.1) is 0 Å². The Balaban J connectivity index is 1.84. The van der Waals surface area contributed by atoms with Crippen molar-refractivity contribution in [1.82, 2.24) is 10.2 Å². The number of hydrogen-bond donors (Lipinski definition) is 1. The molecule has 17 heavy (non-hydrogen) atoms. The highest BCUT2D eigenvalue weighted by molar-refractivity contribution is 5.83. The van der Waals surface area contributed by atoms with Gasteiger partial charge in [0.2, 0.25) is 5.91 Å². The minimum Gasteiger partial charge on any atom is -0.467 e. The van der Waals surface area contributed by atoms with Crippen LogP contribution < -0.4 is 5.32 Å². The van der Waals surface area contributed by atoms with Gasteiger partial charge in [-0.3, -0.25) is 4.79 Å². The van der Waals surface area contributed by atoms with Crippen molar-refractivity contribution in [2.45, 2.75) is 18.6 Å². The van der Waals surface area contributed by atoms with Crippen molar-refractivity contribution in [1.29, 1.82) is 0 Å². The van der Waals surface area contributed by atoms with E-state index in [2.05, 4.69) is 5.32 Å². The Kier molecular flexibility index (Phi) is 2.64. The lowest BCUT2D eigenvalue weighted by Gasteiger charge is -2.23. The van der Waals surface area contributed by atoms with Crippen LogP contribution in [0.25, 0.3) is 0 Å². The molecule has 92 valence electrons. The Bertz CT molecular complexity index is 425. The molecule has 2 atom stereocenters. The predicted molar refractivity (Wildman–Crippen MR) is 60.5 cm³/mol. The number of furan rings is 1. The number of rotatable bonds is 3. The summed E-state index contributed by atoms with van der Waals surface area (Å²) < 4.78 is 10.6. The third-order valence-corrected chi connectivity index (χ3v) is 3.37. The normalized spacial score (nSPS) is 27.8. The molecule has 0 aliphatic carbocycles. The fourth-order valence-electron chi connectivity index (χ4n) is 2.32. The summed E-state index contributed by atoms with van der Waals surface area (Å²) in [6.45, 7) is 2.21. The van der Waals surface area contributed by atoms with Gasteiger partial charge < -0.3 is 19.4 Å². The van der Waals surface area contributed by atoms with Crippen molar-refractivity contribution in [2.24, 2.45) is 0 Å². The monoisotopic (exact) mass is 236 g/mol. The number of likely N-dealkylation sites (N-methyl/N-ethyl adjacent to an activating group) is 1. The predicted octanol–water partition coefficient (Wildman–Crippen LogP) is 0.324. The molecule has 1 fully saturated rings. The summed E-state index contributed by atoms with van der Waals surface area (Å²) in [5.41, 5.74) is 1.12. The number of nitrogens with one attached hydrogen (secondary N) is 1. The summed E-state index contributed by atoms with van der Waals surface area (Å²) in [4.78, 5) is 14.2. The highest BCUT2D eigenvalue weighted by atomic mass is 16.6. The van der Waals surface area contributed by atoms with Crippen LogP contribution in [0.5, 0.6) is 0 Å². The molecule has 1 aromatic heterocycles. The van der Waals surface area contributed by atoms with Crippen LogP contribution in [0.3, 0.4) is 0 Å². The van der Waals surface area contributed by atoms with E-state index in [1.807, 2.05) is 11.0 Å². The van der Waals surface area contributed by atoms with Gasteiger partial charge >= 0.3 is 0 Å². The molecule has 1 aromatic rings. The molecule has 0 saturated carbocycles. The Morgan fingerprint density at radius 1 is 1.59 bits per heavy atom. The zero-order chi connectivity index (χ0) is 11.8. The van der Waals surface area contributed by atoms with E-state index in [0.717, 1.165) is 30.9 Å². The minimum absolute atomic E-state index is 0.0803. The maximum absolute atomic E-state index is 12.3. The number of amides is 1. The molecule has 0 aromatic carbocycles. The van der Waals surface area contributed by atoms with Crippen molar-refractivity contribution < 1.29 is 13.9 Å². The van der Waals surface area contributed by atoms with Crippen molar-refractivity contribution in [3.8, 4) is 0 Å². The molecule has 1 amide bonds. The second kappa shape index (κ2) is 4.16. The minimum atomic E-state index is -0.360. The molecule has 0 spiro atoms. The van der Waals surface area contributed by atoms with E-state index >= 15 is 0 Å². The maximum Gasteiger partial charge on any atom is 0.247 e. The largest absolute Gasteiger partial charge is 0.467 e. The van der Waals surface area contributed by atoms with Gasteiger partial charge in [-0.15, -0.1) is 0 Å². The number of hydrogen-bond acceptors (Lipinski definition) is 4. The topological polar surface area (TPSA) is 58.0 Å². The number of carbonyl (C=O) groups is 1. The Morgan fingerprint density at radius 3 is 3.12 bits per heavy atom. The van der Waals surface area contributed by atoms with E-state index in [0.29, 0.717) is 6.54 Å². The first-order chi connectivity index (χ1) is 8.29. The van der Waals surface area contributed by atoms with Crippen LogP contribution in [-0.2, 0) is 16.0 Å². The summed E-state index contributed by atoms with van der Waals surface area (Å²) in [7, 11) is 1.78. The SMILES string of the molecule is CNC1C(=O)N(CC2CO2)CCc2ccoc21. The standard InChI is InChI=1S/C12H16N2O3/c1-13-10-11-8(3-5-16-11)2-4-14(12(10)15)6-9-7-17-9/h3,5,9-10,13H,2,4,6-7H2,1H3. The molecule has 5 heteroatoms. The fraction of sp³-hybridized carbons (Fsp3) is 0.583. The van der Waals surface area contributed by atoms with Crippen LogP contribution in [0.15, 0.2) is 16.7 Å². The zero-order valence-electron chi connectivity index (χ0n) is 9.81. The summed E-state index contributed by atoms with van der Waals surface area (Å²) >= 11 is 0. The smallest absolute Gasteiger partial charge is 0.247 e. The van der Waals surface area contributed by atoms with Gasteiger partial charge in [0.05, 0.1) is 19.0 Å². The van der Waals surface area contributed by atoms with Crippen LogP contribution in [-0.4, -0.2) is 43.7 Å². The molecule has 2 aliphatic heterocycles. The lowest BCUT2D eigenvalue weighted by atomic mass is 10.1. The Hall–Kier alpha value is -1.33. The summed E-state index contributed by atoms with van der Waals surface area (Å²) in [6, 6.07) is 1.59. The van der Waals surface area contributed by atoms with Crippen molar-refractivity contribution >= 4 is 5.91 Å². The van der Waals surface area contributed by atoms with E-state index in [9.17, 15) is 4.79 Å². The van der Waals surface area contributed by atoms with Crippen LogP contribution in [0.4, 0.5) is 0 Å². The van der Waals surface area contributed by atoms with Gasteiger partial charge in [0.15, 0.2) is 0 Å². The molecule has 0 radical (unpaired) electrons. The number of ether oxygens (including phenoxy) is 1. The third-order valence-electron chi connectivity index (χ3n) is 3.37. The van der Waals surface area contributed by atoms with Gasteiger partial charge in [-0.05, 0) is 25.1 Å². The van der Waals surface area contributed by atoms with Crippen LogP contribution in [0.1, 0.15) is 17.4 Å². The number of fused-ring (bicyclic) bond motifs is 1. The lowest BCUT2D eigenvalue weighted by Crippen LogP contribution is -2.41. The zero-order valence-corrected chi connectivity index (χ0v) is 9.81. The molecule has 3 heterocycles. The highest BCUT2D eigenvalue weighted by Crippen LogP contribution is 2.26. The molecular formula is C12H16N2O3. The van der Waals surface area contributed by atoms with Gasteiger partial charge in [-0.2, -0.15) is 0 Å². The van der Waals surface area contributed by atoms with Gasteiger partial charge in [-0.1, -0.05) is 0 Å². The highest BCUT2D eigenvalue weighted by Gasteiger charge is 2.35. The van der Waals surface area contributed by atoms with Gasteiger partial charge in [0.25, 0.3) is 0 Å². The second-order valence-electron chi connectivity index (χ2n) is 4.52. The number of carbonyl (C=O) groups excluding carboxylic acids is 1. The van der Waals surface area contributed by atoms with Gasteiger partial charge in [0.1, 0.15) is 11.8 Å². The average Bonchev–Trinajstić information content (AvgIpc) is 3.05. The van der Waals surface area contributed by atoms with E-state index in [1.165, 1.54) is 0 Å². The molecule has 2 aliphatic rings. The van der Waals surface area contributed by atoms with E-state index in [1.54, 1.807) is 13.3 Å². The van der Waals surface area contributed by atoms with Crippen molar-refractivity contribution in [2.75, 3.05) is 26.7 Å². The first-order valence-corrected chi connectivity index (χ1v) is 5.93. The van der Waals surface area contributed by atoms with E-state index in [4.69, 9.17) is 9.15 Å². The summed E-state index contributed by atoms with van der Waals surface area (Å²) in [5, 5.41) is 3.03. The fourth-order valence-corrected chi connectivity index (χ4v) is 2.32. The average molecular weight is 236 g/mol. The first-order valence-electron chi connectivity index (χ1n) is 5.93. The molecule has 1 N–H and O–H groups in total. The summed E-state index contributed by atoms with van der Waals surface area (Å²) in [5.74, 6) is 0.841. The second-order valence-corrected chi connectivity index (χ2v) is 4.52. The quantitative estimate of drug-likeness (QED) is 0.768. The molecule has 5 nitrogen and oxygen atoms in total. The first kappa shape index (κ1) is 10.8. The van der Waals surface area contributed by atoms with Crippen molar-refractivity contribution in [3.63, 3.8) is 0 Å². The number of epoxide rings is 1. The molecule has 1 saturated heterocycles. The third kappa shape index (κ3) is 1.96. The molecular weight excluding hydrogens is 220 g/mol. The van der Waals surface area contributed by atoms with Crippen LogP contribution >= 0.6 is 0 Å². The Labute approximate surface area is 99.7 Å². The molecule has 0 bridgehead atoms. The molecule has 3 rings (SSSR count). The van der Waals surface area contributed by atoms with E-state index < -0.39 is 0 Å². The Morgan fingerprint density at radius 2 is 2.41 bits per heavy atom. The van der Waals surface area contributed by atoms with Crippen LogP contribution in [0.2, 0.25) is 0 Å².